The van der Waals surface area contributed by atoms with Gasteiger partial charge in [0.1, 0.15) is 6.04 Å². The molecule has 0 saturated heterocycles. The maximum atomic E-state index is 12.1. The molecule has 0 aromatic carbocycles. The molecule has 0 radical (unpaired) electrons. The molecule has 3 rings (SSSR count). The molecule has 0 aliphatic heterocycles. The van der Waals surface area contributed by atoms with Gasteiger partial charge in [-0.1, -0.05) is 6.07 Å². The van der Waals surface area contributed by atoms with Crippen LogP contribution in [0.3, 0.4) is 0 Å². The van der Waals surface area contributed by atoms with Crippen LogP contribution in [0.25, 0.3) is 0 Å². The van der Waals surface area contributed by atoms with Crippen LogP contribution in [0.15, 0.2) is 17.5 Å². The summed E-state index contributed by atoms with van der Waals surface area (Å²) >= 11 is 3.08. The van der Waals surface area contributed by atoms with Gasteiger partial charge in [-0.05, 0) is 37.1 Å². The minimum absolute atomic E-state index is 0.187. The van der Waals surface area contributed by atoms with Gasteiger partial charge in [0.05, 0.1) is 5.69 Å². The number of rotatable bonds is 3. The zero-order valence-corrected chi connectivity index (χ0v) is 12.0. The van der Waals surface area contributed by atoms with E-state index in [0.29, 0.717) is 5.13 Å². The highest BCUT2D eigenvalue weighted by molar-refractivity contribution is 7.16. The largest absolute Gasteiger partial charge is 0.316 e. The molecular weight excluding hydrogens is 278 g/mol. The van der Waals surface area contributed by atoms with E-state index < -0.39 is 6.04 Å². The summed E-state index contributed by atoms with van der Waals surface area (Å²) in [5, 5.41) is 5.44. The molecular formula is C13H15N3OS2. The number of aromatic nitrogens is 1. The van der Waals surface area contributed by atoms with Gasteiger partial charge in [-0.15, -0.1) is 22.7 Å². The summed E-state index contributed by atoms with van der Waals surface area (Å²) in [5.74, 6) is -0.187. The van der Waals surface area contributed by atoms with Gasteiger partial charge in [-0.2, -0.15) is 0 Å². The van der Waals surface area contributed by atoms with E-state index in [9.17, 15) is 4.79 Å². The minimum Gasteiger partial charge on any atom is -0.316 e. The van der Waals surface area contributed by atoms with Crippen LogP contribution < -0.4 is 11.1 Å². The van der Waals surface area contributed by atoms with E-state index in [1.54, 1.807) is 11.3 Å². The number of carbonyl (C=O) groups excluding carboxylic acids is 1. The van der Waals surface area contributed by atoms with E-state index in [1.165, 1.54) is 29.1 Å². The van der Waals surface area contributed by atoms with E-state index >= 15 is 0 Å². The fourth-order valence-corrected chi connectivity index (χ4v) is 3.96. The van der Waals surface area contributed by atoms with E-state index in [4.69, 9.17) is 5.73 Å². The molecule has 100 valence electrons. The van der Waals surface area contributed by atoms with Gasteiger partial charge < -0.3 is 11.1 Å². The second-order valence-corrected chi connectivity index (χ2v) is 6.64. The molecule has 1 unspecified atom stereocenters. The summed E-state index contributed by atoms with van der Waals surface area (Å²) in [4.78, 5) is 18.7. The standard InChI is InChI=1S/C13H15N3OS2/c14-11(10-6-3-7-18-10)12(17)16-13-15-8-4-1-2-5-9(8)19-13/h3,6-7,11H,1-2,4-5,14H2,(H,15,16,17). The Kier molecular flexibility index (Phi) is 3.63. The summed E-state index contributed by atoms with van der Waals surface area (Å²) in [6.07, 6.45) is 4.52. The van der Waals surface area contributed by atoms with E-state index in [1.807, 2.05) is 17.5 Å². The van der Waals surface area contributed by atoms with Gasteiger partial charge in [0.15, 0.2) is 5.13 Å². The molecule has 19 heavy (non-hydrogen) atoms. The van der Waals surface area contributed by atoms with Crippen molar-refractivity contribution in [2.45, 2.75) is 31.7 Å². The van der Waals surface area contributed by atoms with Crippen molar-refractivity contribution in [2.24, 2.45) is 5.73 Å². The van der Waals surface area contributed by atoms with Crippen LogP contribution in [-0.4, -0.2) is 10.9 Å². The van der Waals surface area contributed by atoms with E-state index in [0.717, 1.165) is 23.4 Å². The number of nitrogens with two attached hydrogens (primary N) is 1. The first-order valence-corrected chi connectivity index (χ1v) is 8.02. The molecule has 0 bridgehead atoms. The molecule has 2 aromatic rings. The van der Waals surface area contributed by atoms with Crippen molar-refractivity contribution in [1.82, 2.24) is 4.98 Å². The molecule has 0 fully saturated rings. The Morgan fingerprint density at radius 3 is 3.00 bits per heavy atom. The topological polar surface area (TPSA) is 68.0 Å². The summed E-state index contributed by atoms with van der Waals surface area (Å²) in [7, 11) is 0. The molecule has 1 aliphatic rings. The summed E-state index contributed by atoms with van der Waals surface area (Å²) in [6, 6.07) is 3.16. The zero-order valence-electron chi connectivity index (χ0n) is 10.4. The van der Waals surface area contributed by atoms with Gasteiger partial charge in [0.25, 0.3) is 0 Å². The van der Waals surface area contributed by atoms with Crippen LogP contribution >= 0.6 is 22.7 Å². The summed E-state index contributed by atoms with van der Waals surface area (Å²) in [5.41, 5.74) is 7.08. The number of thiazole rings is 1. The van der Waals surface area contributed by atoms with Gasteiger partial charge in [-0.25, -0.2) is 4.98 Å². The third-order valence-electron chi connectivity index (χ3n) is 3.21. The Morgan fingerprint density at radius 2 is 2.26 bits per heavy atom. The molecule has 4 nitrogen and oxygen atoms in total. The summed E-state index contributed by atoms with van der Waals surface area (Å²) in [6.45, 7) is 0. The van der Waals surface area contributed by atoms with Crippen LogP contribution in [-0.2, 0) is 17.6 Å². The second kappa shape index (κ2) is 5.40. The highest BCUT2D eigenvalue weighted by Crippen LogP contribution is 2.30. The average Bonchev–Trinajstić information content (AvgIpc) is 3.06. The first-order valence-electron chi connectivity index (χ1n) is 6.32. The average molecular weight is 293 g/mol. The number of hydrogen-bond acceptors (Lipinski definition) is 5. The van der Waals surface area contributed by atoms with E-state index in [2.05, 4.69) is 10.3 Å². The molecule has 0 spiro atoms. The lowest BCUT2D eigenvalue weighted by Crippen LogP contribution is -2.26. The van der Waals surface area contributed by atoms with Crippen LogP contribution in [0.2, 0.25) is 0 Å². The smallest absolute Gasteiger partial charge is 0.248 e. The highest BCUT2D eigenvalue weighted by Gasteiger charge is 2.20. The monoisotopic (exact) mass is 293 g/mol. The SMILES string of the molecule is NC(C(=O)Nc1nc2c(s1)CCCC2)c1cccs1. The number of carbonyl (C=O) groups is 1. The number of fused-ring (bicyclic) bond motifs is 1. The molecule has 0 saturated carbocycles. The van der Waals surface area contributed by atoms with Crippen LogP contribution in [0.1, 0.15) is 34.3 Å². The van der Waals surface area contributed by atoms with Gasteiger partial charge >= 0.3 is 0 Å². The van der Waals surface area contributed by atoms with Crippen molar-refractivity contribution in [3.8, 4) is 0 Å². The first-order chi connectivity index (χ1) is 9.24. The fraction of sp³-hybridized carbons (Fsp3) is 0.385. The Morgan fingerprint density at radius 1 is 1.42 bits per heavy atom. The Bertz CT molecular complexity index is 553. The molecule has 1 amide bonds. The molecule has 1 atom stereocenters. The number of anilines is 1. The number of amides is 1. The second-order valence-electron chi connectivity index (χ2n) is 4.58. The van der Waals surface area contributed by atoms with Crippen molar-refractivity contribution in [3.05, 3.63) is 33.0 Å². The van der Waals surface area contributed by atoms with Crippen molar-refractivity contribution in [3.63, 3.8) is 0 Å². The van der Waals surface area contributed by atoms with Crippen molar-refractivity contribution >= 4 is 33.7 Å². The Hall–Kier alpha value is -1.24. The normalized spacial score (nSPS) is 15.8. The quantitative estimate of drug-likeness (QED) is 0.914. The number of nitrogens with one attached hydrogen (secondary N) is 1. The zero-order chi connectivity index (χ0) is 13.2. The predicted octanol–water partition coefficient (Wildman–Crippen LogP) is 2.72. The van der Waals surface area contributed by atoms with E-state index in [-0.39, 0.29) is 5.91 Å². The predicted molar refractivity (Wildman–Crippen MR) is 78.6 cm³/mol. The highest BCUT2D eigenvalue weighted by atomic mass is 32.1. The molecule has 6 heteroatoms. The fourth-order valence-electron chi connectivity index (χ4n) is 2.19. The number of nitrogens with zero attached hydrogens (tertiary/aromatic N) is 1. The third-order valence-corrected chi connectivity index (χ3v) is 5.24. The molecule has 1 aliphatic carbocycles. The van der Waals surface area contributed by atoms with Crippen molar-refractivity contribution in [1.29, 1.82) is 0 Å². The third kappa shape index (κ3) is 2.70. The molecule has 2 aromatic heterocycles. The number of thiophene rings is 1. The lowest BCUT2D eigenvalue weighted by Gasteiger charge is -2.08. The maximum absolute atomic E-state index is 12.1. The minimum atomic E-state index is -0.610. The number of aryl methyl sites for hydroxylation is 2. The van der Waals surface area contributed by atoms with Crippen LogP contribution in [0, 0.1) is 0 Å². The van der Waals surface area contributed by atoms with Crippen molar-refractivity contribution < 1.29 is 4.79 Å². The molecule has 3 N–H and O–H groups in total. The lowest BCUT2D eigenvalue weighted by atomic mass is 10.0. The van der Waals surface area contributed by atoms with Gasteiger partial charge in [-0.3, -0.25) is 4.79 Å². The summed E-state index contributed by atoms with van der Waals surface area (Å²) < 4.78 is 0. The first kappa shape index (κ1) is 12.8. The Balaban J connectivity index is 1.71. The van der Waals surface area contributed by atoms with Crippen LogP contribution in [0.4, 0.5) is 5.13 Å². The lowest BCUT2D eigenvalue weighted by molar-refractivity contribution is -0.117. The molecule has 2 heterocycles. The maximum Gasteiger partial charge on any atom is 0.248 e. The number of hydrogen-bond donors (Lipinski definition) is 2. The van der Waals surface area contributed by atoms with Crippen LogP contribution in [0.5, 0.6) is 0 Å². The van der Waals surface area contributed by atoms with Crippen molar-refractivity contribution in [2.75, 3.05) is 5.32 Å². The van der Waals surface area contributed by atoms with Gasteiger partial charge in [0.2, 0.25) is 5.91 Å². The Labute approximate surface area is 119 Å². The van der Waals surface area contributed by atoms with Gasteiger partial charge in [0, 0.05) is 9.75 Å².